The fourth-order valence-corrected chi connectivity index (χ4v) is 4.18. The number of carboxylic acid groups (broad SMARTS) is 2. The second kappa shape index (κ2) is 9.98. The van der Waals surface area contributed by atoms with Crippen LogP contribution in [0.1, 0.15) is 44.7 Å². The molecule has 2 N–H and O–H groups in total. The van der Waals surface area contributed by atoms with E-state index in [-0.39, 0.29) is 18.3 Å². The van der Waals surface area contributed by atoms with Crippen molar-refractivity contribution in [3.63, 3.8) is 0 Å². The summed E-state index contributed by atoms with van der Waals surface area (Å²) in [6.07, 6.45) is -2.89. The van der Waals surface area contributed by atoms with E-state index in [1.54, 1.807) is 0 Å². The summed E-state index contributed by atoms with van der Waals surface area (Å²) in [6.45, 7) is 7.94. The molecule has 0 radical (unpaired) electrons. The monoisotopic (exact) mass is 495 g/mol. The standard InChI is InChI=1S/C26H29N3O7/c1-25(2,3)20-10-8-19(9-11-20)22-27-21(28-36-22)18-6-4-17(5-7-18)16-29-14-12-26(13-15-29,34-23(30)31)35-24(32)33/h4-11H,12-16H2,1-3H3,(H,30,31)(H,32,33). The summed E-state index contributed by atoms with van der Waals surface area (Å²) in [7, 11) is 0. The molecule has 0 aliphatic carbocycles. The highest BCUT2D eigenvalue weighted by Crippen LogP contribution is 2.30. The Kier molecular flexibility index (Phi) is 6.98. The smallest absolute Gasteiger partial charge is 0.450 e. The summed E-state index contributed by atoms with van der Waals surface area (Å²) in [5.41, 5.74) is 4.01. The van der Waals surface area contributed by atoms with Crippen LogP contribution in [0, 0.1) is 0 Å². The molecule has 3 aromatic rings. The van der Waals surface area contributed by atoms with Crippen molar-refractivity contribution in [1.82, 2.24) is 15.0 Å². The minimum absolute atomic E-state index is 0.0656. The first-order chi connectivity index (χ1) is 17.0. The van der Waals surface area contributed by atoms with Crippen LogP contribution < -0.4 is 0 Å². The number of nitrogens with zero attached hydrogens (tertiary/aromatic N) is 3. The predicted octanol–water partition coefficient (Wildman–Crippen LogP) is 5.38. The summed E-state index contributed by atoms with van der Waals surface area (Å²) >= 11 is 0. The van der Waals surface area contributed by atoms with Gasteiger partial charge in [-0.05, 0) is 28.7 Å². The lowest BCUT2D eigenvalue weighted by Gasteiger charge is -2.38. The van der Waals surface area contributed by atoms with E-state index in [1.807, 2.05) is 36.4 Å². The van der Waals surface area contributed by atoms with Crippen LogP contribution in [0.4, 0.5) is 9.59 Å². The number of rotatable bonds is 6. The maximum Gasteiger partial charge on any atom is 0.509 e. The van der Waals surface area contributed by atoms with Crippen molar-refractivity contribution in [2.24, 2.45) is 0 Å². The molecule has 2 heterocycles. The van der Waals surface area contributed by atoms with E-state index in [9.17, 15) is 9.59 Å². The van der Waals surface area contributed by atoms with Gasteiger partial charge in [-0.1, -0.05) is 62.3 Å². The average Bonchev–Trinajstić information content (AvgIpc) is 3.30. The Morgan fingerprint density at radius 3 is 2.03 bits per heavy atom. The zero-order valence-electron chi connectivity index (χ0n) is 20.4. The SMILES string of the molecule is CC(C)(C)c1ccc(-c2nc(-c3ccc(CN4CCC(OC(=O)O)(OC(=O)O)CC4)cc3)no2)cc1. The molecule has 1 aliphatic rings. The highest BCUT2D eigenvalue weighted by atomic mass is 16.8. The second-order valence-electron chi connectivity index (χ2n) is 9.87. The molecule has 10 nitrogen and oxygen atoms in total. The van der Waals surface area contributed by atoms with E-state index >= 15 is 0 Å². The van der Waals surface area contributed by atoms with Gasteiger partial charge in [-0.3, -0.25) is 4.90 Å². The van der Waals surface area contributed by atoms with Gasteiger partial charge in [0, 0.05) is 43.6 Å². The van der Waals surface area contributed by atoms with Crippen molar-refractivity contribution in [3.05, 3.63) is 59.7 Å². The average molecular weight is 496 g/mol. The largest absolute Gasteiger partial charge is 0.509 e. The van der Waals surface area contributed by atoms with Crippen LogP contribution in [-0.2, 0) is 21.4 Å². The van der Waals surface area contributed by atoms with E-state index in [1.165, 1.54) is 5.56 Å². The van der Waals surface area contributed by atoms with E-state index in [0.29, 0.717) is 31.3 Å². The third-order valence-electron chi connectivity index (χ3n) is 6.21. The zero-order chi connectivity index (χ0) is 25.9. The minimum atomic E-state index is -1.67. The molecule has 1 fully saturated rings. The first-order valence-corrected chi connectivity index (χ1v) is 11.6. The van der Waals surface area contributed by atoms with Crippen LogP contribution in [0.25, 0.3) is 22.8 Å². The Morgan fingerprint density at radius 2 is 1.50 bits per heavy atom. The molecular formula is C26H29N3O7. The van der Waals surface area contributed by atoms with Crippen molar-refractivity contribution in [3.8, 4) is 22.8 Å². The Labute approximate surface area is 208 Å². The van der Waals surface area contributed by atoms with E-state index in [0.717, 1.165) is 16.7 Å². The lowest BCUT2D eigenvalue weighted by atomic mass is 9.87. The van der Waals surface area contributed by atoms with E-state index in [4.69, 9.17) is 24.2 Å². The number of hydrogen-bond donors (Lipinski definition) is 2. The number of benzene rings is 2. The van der Waals surface area contributed by atoms with Gasteiger partial charge in [-0.25, -0.2) is 9.59 Å². The normalized spacial score (nSPS) is 15.9. The molecule has 0 spiro atoms. The summed E-state index contributed by atoms with van der Waals surface area (Å²) in [5.74, 6) is -0.712. The highest BCUT2D eigenvalue weighted by Gasteiger charge is 2.42. The predicted molar refractivity (Wildman–Crippen MR) is 129 cm³/mol. The van der Waals surface area contributed by atoms with Gasteiger partial charge < -0.3 is 24.2 Å². The number of hydrogen-bond acceptors (Lipinski definition) is 8. The first kappa shape index (κ1) is 25.2. The molecule has 2 aromatic carbocycles. The Balaban J connectivity index is 1.37. The number of ether oxygens (including phenoxy) is 2. The Morgan fingerprint density at radius 1 is 0.944 bits per heavy atom. The molecule has 0 atom stereocenters. The molecule has 1 aromatic heterocycles. The van der Waals surface area contributed by atoms with Crippen LogP contribution in [0.2, 0.25) is 0 Å². The van der Waals surface area contributed by atoms with Crippen LogP contribution in [0.15, 0.2) is 53.1 Å². The summed E-state index contributed by atoms with van der Waals surface area (Å²) < 4.78 is 15.0. The topological polar surface area (TPSA) is 135 Å². The van der Waals surface area contributed by atoms with Crippen LogP contribution >= 0.6 is 0 Å². The number of aromatic nitrogens is 2. The molecule has 190 valence electrons. The van der Waals surface area contributed by atoms with Crippen LogP contribution in [0.5, 0.6) is 0 Å². The minimum Gasteiger partial charge on any atom is -0.450 e. The van der Waals surface area contributed by atoms with Gasteiger partial charge in [-0.2, -0.15) is 4.98 Å². The summed E-state index contributed by atoms with van der Waals surface area (Å²) in [5, 5.41) is 22.0. The van der Waals surface area contributed by atoms with Crippen LogP contribution in [0.3, 0.4) is 0 Å². The molecule has 36 heavy (non-hydrogen) atoms. The molecule has 4 rings (SSSR count). The second-order valence-corrected chi connectivity index (χ2v) is 9.87. The fraction of sp³-hybridized carbons (Fsp3) is 0.385. The number of likely N-dealkylation sites (tertiary alicyclic amines) is 1. The van der Waals surface area contributed by atoms with Crippen molar-refractivity contribution in [1.29, 1.82) is 0 Å². The van der Waals surface area contributed by atoms with Crippen molar-refractivity contribution < 1.29 is 33.8 Å². The maximum absolute atomic E-state index is 11.0. The highest BCUT2D eigenvalue weighted by molar-refractivity contribution is 5.61. The summed E-state index contributed by atoms with van der Waals surface area (Å²) in [4.78, 5) is 28.6. The fourth-order valence-electron chi connectivity index (χ4n) is 4.18. The Bertz CT molecular complexity index is 1190. The van der Waals surface area contributed by atoms with Gasteiger partial charge in [0.05, 0.1) is 0 Å². The first-order valence-electron chi connectivity index (χ1n) is 11.6. The quantitative estimate of drug-likeness (QED) is 0.339. The molecule has 0 saturated carbocycles. The molecule has 0 unspecified atom stereocenters. The van der Waals surface area contributed by atoms with Gasteiger partial charge in [0.15, 0.2) is 0 Å². The molecule has 0 bridgehead atoms. The molecule has 0 amide bonds. The summed E-state index contributed by atoms with van der Waals surface area (Å²) in [6, 6.07) is 15.9. The van der Waals surface area contributed by atoms with Crippen LogP contribution in [-0.4, -0.2) is 56.4 Å². The molecule has 1 saturated heterocycles. The van der Waals surface area contributed by atoms with Crippen molar-refractivity contribution in [2.75, 3.05) is 13.1 Å². The van der Waals surface area contributed by atoms with E-state index < -0.39 is 18.1 Å². The third-order valence-corrected chi connectivity index (χ3v) is 6.21. The van der Waals surface area contributed by atoms with Gasteiger partial charge in [0.25, 0.3) is 11.7 Å². The maximum atomic E-state index is 11.0. The van der Waals surface area contributed by atoms with Gasteiger partial charge >= 0.3 is 12.3 Å². The van der Waals surface area contributed by atoms with Crippen molar-refractivity contribution in [2.45, 2.75) is 51.4 Å². The molecular weight excluding hydrogens is 466 g/mol. The van der Waals surface area contributed by atoms with Gasteiger partial charge in [-0.15, -0.1) is 0 Å². The lowest BCUT2D eigenvalue weighted by molar-refractivity contribution is -0.205. The van der Waals surface area contributed by atoms with Gasteiger partial charge in [0.1, 0.15) is 0 Å². The number of carbonyl (C=O) groups is 2. The Hall–Kier alpha value is -3.92. The third kappa shape index (κ3) is 6.01. The van der Waals surface area contributed by atoms with E-state index in [2.05, 4.69) is 47.9 Å². The molecule has 1 aliphatic heterocycles. The van der Waals surface area contributed by atoms with Gasteiger partial charge in [0.2, 0.25) is 5.82 Å². The zero-order valence-corrected chi connectivity index (χ0v) is 20.4. The molecule has 10 heteroatoms. The number of piperidine rings is 1. The lowest BCUT2D eigenvalue weighted by Crippen LogP contribution is -2.49. The van der Waals surface area contributed by atoms with Crippen molar-refractivity contribution >= 4 is 12.3 Å².